The first-order chi connectivity index (χ1) is 13.0. The Morgan fingerprint density at radius 2 is 1.85 bits per heavy atom. The molecular weight excluding hydrogens is 430 g/mol. The SMILES string of the molecule is CCC(=O)N1CCN(c2ccc(Cl)cc2NC(=O)c2cccc(Br)c2)CC1. The van der Waals surface area contributed by atoms with E-state index in [1.807, 2.05) is 36.1 Å². The van der Waals surface area contributed by atoms with Gasteiger partial charge in [0.15, 0.2) is 0 Å². The fraction of sp³-hybridized carbons (Fsp3) is 0.300. The quantitative estimate of drug-likeness (QED) is 0.750. The molecule has 7 heteroatoms. The lowest BCUT2D eigenvalue weighted by molar-refractivity contribution is -0.131. The summed E-state index contributed by atoms with van der Waals surface area (Å²) >= 11 is 9.55. The summed E-state index contributed by atoms with van der Waals surface area (Å²) in [4.78, 5) is 28.6. The van der Waals surface area contributed by atoms with Crippen molar-refractivity contribution in [2.24, 2.45) is 0 Å². The Morgan fingerprint density at radius 3 is 2.52 bits per heavy atom. The molecule has 0 unspecified atom stereocenters. The van der Waals surface area contributed by atoms with Crippen LogP contribution in [-0.4, -0.2) is 42.9 Å². The highest BCUT2D eigenvalue weighted by molar-refractivity contribution is 9.10. The molecule has 142 valence electrons. The van der Waals surface area contributed by atoms with E-state index in [0.717, 1.165) is 10.2 Å². The van der Waals surface area contributed by atoms with Crippen molar-refractivity contribution >= 4 is 50.7 Å². The molecule has 0 spiro atoms. The molecule has 0 atom stereocenters. The zero-order valence-electron chi connectivity index (χ0n) is 15.0. The normalized spacial score (nSPS) is 14.2. The summed E-state index contributed by atoms with van der Waals surface area (Å²) < 4.78 is 0.846. The monoisotopic (exact) mass is 449 g/mol. The van der Waals surface area contributed by atoms with Crippen LogP contribution in [0.25, 0.3) is 0 Å². The number of nitrogens with one attached hydrogen (secondary N) is 1. The summed E-state index contributed by atoms with van der Waals surface area (Å²) in [6, 6.07) is 12.7. The van der Waals surface area contributed by atoms with E-state index in [4.69, 9.17) is 11.6 Å². The fourth-order valence-electron chi connectivity index (χ4n) is 3.13. The molecule has 27 heavy (non-hydrogen) atoms. The third kappa shape index (κ3) is 4.82. The molecule has 1 saturated heterocycles. The van der Waals surface area contributed by atoms with Crippen LogP contribution in [0, 0.1) is 0 Å². The molecule has 0 aliphatic carbocycles. The molecule has 2 amide bonds. The first kappa shape index (κ1) is 19.7. The topological polar surface area (TPSA) is 52.7 Å². The van der Waals surface area contributed by atoms with Gasteiger partial charge in [0.05, 0.1) is 11.4 Å². The van der Waals surface area contributed by atoms with Crippen LogP contribution in [0.2, 0.25) is 5.02 Å². The van der Waals surface area contributed by atoms with E-state index in [9.17, 15) is 9.59 Å². The van der Waals surface area contributed by atoms with Gasteiger partial charge in [-0.25, -0.2) is 0 Å². The average Bonchev–Trinajstić information content (AvgIpc) is 2.67. The summed E-state index contributed by atoms with van der Waals surface area (Å²) in [6.45, 7) is 4.66. The molecule has 1 fully saturated rings. The predicted molar refractivity (Wildman–Crippen MR) is 113 cm³/mol. The Labute approximate surface area is 172 Å². The van der Waals surface area contributed by atoms with Crippen molar-refractivity contribution in [1.29, 1.82) is 0 Å². The highest BCUT2D eigenvalue weighted by Crippen LogP contribution is 2.30. The Morgan fingerprint density at radius 1 is 1.11 bits per heavy atom. The zero-order chi connectivity index (χ0) is 19.4. The number of anilines is 2. The van der Waals surface area contributed by atoms with Crippen molar-refractivity contribution < 1.29 is 9.59 Å². The van der Waals surface area contributed by atoms with Crippen LogP contribution in [0.15, 0.2) is 46.9 Å². The van der Waals surface area contributed by atoms with Crippen LogP contribution in [0.3, 0.4) is 0 Å². The van der Waals surface area contributed by atoms with Crippen LogP contribution in [0.4, 0.5) is 11.4 Å². The predicted octanol–water partition coefficient (Wildman–Crippen LogP) is 4.41. The van der Waals surface area contributed by atoms with Crippen molar-refractivity contribution in [3.05, 3.63) is 57.5 Å². The van der Waals surface area contributed by atoms with E-state index in [1.54, 1.807) is 18.2 Å². The molecule has 3 rings (SSSR count). The molecule has 1 N–H and O–H groups in total. The first-order valence-electron chi connectivity index (χ1n) is 8.87. The summed E-state index contributed by atoms with van der Waals surface area (Å²) in [7, 11) is 0. The molecule has 2 aromatic rings. The Kier molecular flexibility index (Phi) is 6.39. The van der Waals surface area contributed by atoms with Crippen LogP contribution < -0.4 is 10.2 Å². The molecule has 0 radical (unpaired) electrons. The van der Waals surface area contributed by atoms with Gasteiger partial charge >= 0.3 is 0 Å². The number of carbonyl (C=O) groups excluding carboxylic acids is 2. The lowest BCUT2D eigenvalue weighted by Crippen LogP contribution is -2.48. The van der Waals surface area contributed by atoms with Gasteiger partial charge in [-0.15, -0.1) is 0 Å². The van der Waals surface area contributed by atoms with Crippen LogP contribution in [0.5, 0.6) is 0 Å². The number of piperazine rings is 1. The van der Waals surface area contributed by atoms with Crippen LogP contribution >= 0.6 is 27.5 Å². The summed E-state index contributed by atoms with van der Waals surface area (Å²) in [6.07, 6.45) is 0.523. The number of nitrogens with zero attached hydrogens (tertiary/aromatic N) is 2. The fourth-order valence-corrected chi connectivity index (χ4v) is 3.70. The van der Waals surface area contributed by atoms with Crippen molar-refractivity contribution in [3.63, 3.8) is 0 Å². The number of carbonyl (C=O) groups is 2. The van der Waals surface area contributed by atoms with Gasteiger partial charge in [-0.1, -0.05) is 40.5 Å². The van der Waals surface area contributed by atoms with Gasteiger partial charge in [0.25, 0.3) is 5.91 Å². The third-order valence-electron chi connectivity index (χ3n) is 4.57. The largest absolute Gasteiger partial charge is 0.366 e. The number of rotatable bonds is 4. The average molecular weight is 451 g/mol. The maximum atomic E-state index is 12.6. The standard InChI is InChI=1S/C20H21BrClN3O2/c1-2-19(26)25-10-8-24(9-11-25)18-7-6-16(22)13-17(18)23-20(27)14-4-3-5-15(21)12-14/h3-7,12-13H,2,8-11H2,1H3,(H,23,27). The van der Waals surface area contributed by atoms with Gasteiger partial charge in [-0.3, -0.25) is 9.59 Å². The van der Waals surface area contributed by atoms with E-state index >= 15 is 0 Å². The van der Waals surface area contributed by atoms with Gasteiger partial charge in [0.1, 0.15) is 0 Å². The van der Waals surface area contributed by atoms with Gasteiger partial charge in [0.2, 0.25) is 5.91 Å². The third-order valence-corrected chi connectivity index (χ3v) is 5.30. The molecular formula is C20H21BrClN3O2. The second-order valence-electron chi connectivity index (χ2n) is 6.35. The van der Waals surface area contributed by atoms with Crippen molar-refractivity contribution in [1.82, 2.24) is 4.90 Å². The summed E-state index contributed by atoms with van der Waals surface area (Å²) in [5.41, 5.74) is 2.14. The highest BCUT2D eigenvalue weighted by Gasteiger charge is 2.22. The number of hydrogen-bond donors (Lipinski definition) is 1. The van der Waals surface area contributed by atoms with Crippen molar-refractivity contribution in [3.8, 4) is 0 Å². The molecule has 1 heterocycles. The lowest BCUT2D eigenvalue weighted by Gasteiger charge is -2.37. The molecule has 2 aromatic carbocycles. The Hall–Kier alpha value is -2.05. The summed E-state index contributed by atoms with van der Waals surface area (Å²) in [5.74, 6) is -0.0199. The van der Waals surface area contributed by atoms with Gasteiger partial charge in [-0.05, 0) is 36.4 Å². The lowest BCUT2D eigenvalue weighted by atomic mass is 10.1. The minimum absolute atomic E-state index is 0.175. The van der Waals surface area contributed by atoms with Crippen LogP contribution in [0.1, 0.15) is 23.7 Å². The van der Waals surface area contributed by atoms with E-state index in [1.165, 1.54) is 0 Å². The molecule has 5 nitrogen and oxygen atoms in total. The second kappa shape index (κ2) is 8.76. The second-order valence-corrected chi connectivity index (χ2v) is 7.70. The molecule has 1 aliphatic heterocycles. The number of hydrogen-bond acceptors (Lipinski definition) is 3. The smallest absolute Gasteiger partial charge is 0.255 e. The molecule has 0 aromatic heterocycles. The maximum absolute atomic E-state index is 12.6. The minimum atomic E-state index is -0.195. The Bertz CT molecular complexity index is 851. The van der Waals surface area contributed by atoms with Crippen molar-refractivity contribution in [2.75, 3.05) is 36.4 Å². The maximum Gasteiger partial charge on any atom is 0.255 e. The summed E-state index contributed by atoms with van der Waals surface area (Å²) in [5, 5.41) is 3.53. The van der Waals surface area contributed by atoms with Gasteiger partial charge < -0.3 is 15.1 Å². The highest BCUT2D eigenvalue weighted by atomic mass is 79.9. The van der Waals surface area contributed by atoms with Crippen LogP contribution in [-0.2, 0) is 4.79 Å². The van der Waals surface area contributed by atoms with E-state index in [0.29, 0.717) is 48.9 Å². The first-order valence-corrected chi connectivity index (χ1v) is 10.0. The van der Waals surface area contributed by atoms with Crippen molar-refractivity contribution in [2.45, 2.75) is 13.3 Å². The molecule has 0 saturated carbocycles. The van der Waals surface area contributed by atoms with E-state index in [-0.39, 0.29) is 11.8 Å². The minimum Gasteiger partial charge on any atom is -0.366 e. The number of benzene rings is 2. The van der Waals surface area contributed by atoms with Gasteiger partial charge in [0, 0.05) is 47.7 Å². The zero-order valence-corrected chi connectivity index (χ0v) is 17.4. The molecule has 1 aliphatic rings. The Balaban J connectivity index is 1.78. The number of amides is 2. The van der Waals surface area contributed by atoms with Gasteiger partial charge in [-0.2, -0.15) is 0 Å². The van der Waals surface area contributed by atoms with E-state index < -0.39 is 0 Å². The van der Waals surface area contributed by atoms with E-state index in [2.05, 4.69) is 26.1 Å². The number of halogens is 2. The molecule has 0 bridgehead atoms.